The molecule has 6 nitrogen and oxygen atoms in total. The second-order valence-electron chi connectivity index (χ2n) is 6.31. The minimum atomic E-state index is -0.0503. The first kappa shape index (κ1) is 15.5. The highest BCUT2D eigenvalue weighted by atomic mass is 16.2. The summed E-state index contributed by atoms with van der Waals surface area (Å²) in [6.45, 7) is 1.50. The van der Waals surface area contributed by atoms with Crippen molar-refractivity contribution in [2.24, 2.45) is 5.92 Å². The summed E-state index contributed by atoms with van der Waals surface area (Å²) in [5, 5.41) is 8.13. The van der Waals surface area contributed by atoms with Gasteiger partial charge in [0, 0.05) is 25.0 Å². The van der Waals surface area contributed by atoms with Crippen LogP contribution in [0.25, 0.3) is 5.69 Å². The second-order valence-corrected chi connectivity index (χ2v) is 6.31. The Bertz CT molecular complexity index is 847. The standard InChI is InChI=1S/C19H19N5O/c25-19(18-14-24(22-21-18)17-7-2-1-3-8-17)23-11-9-15(13-23)12-16-6-4-5-10-20-16/h1-8,10,14-15H,9,11-13H2. The van der Waals surface area contributed by atoms with Crippen LogP contribution in [0.1, 0.15) is 22.6 Å². The van der Waals surface area contributed by atoms with Gasteiger partial charge in [0.05, 0.1) is 11.9 Å². The molecule has 3 heterocycles. The molecule has 4 rings (SSSR count). The van der Waals surface area contributed by atoms with E-state index in [1.54, 1.807) is 10.9 Å². The van der Waals surface area contributed by atoms with Gasteiger partial charge in [0.25, 0.3) is 5.91 Å². The lowest BCUT2D eigenvalue weighted by Gasteiger charge is -2.14. The molecule has 2 aromatic heterocycles. The Hall–Kier alpha value is -3.02. The fourth-order valence-electron chi connectivity index (χ4n) is 3.23. The van der Waals surface area contributed by atoms with Crippen LogP contribution in [0, 0.1) is 5.92 Å². The van der Waals surface area contributed by atoms with E-state index in [9.17, 15) is 4.79 Å². The topological polar surface area (TPSA) is 63.9 Å². The maximum atomic E-state index is 12.7. The van der Waals surface area contributed by atoms with Gasteiger partial charge in [0.15, 0.2) is 5.69 Å². The minimum Gasteiger partial charge on any atom is -0.337 e. The van der Waals surface area contributed by atoms with Gasteiger partial charge in [-0.15, -0.1) is 5.10 Å². The van der Waals surface area contributed by atoms with E-state index in [4.69, 9.17) is 0 Å². The van der Waals surface area contributed by atoms with Crippen molar-refractivity contribution in [1.82, 2.24) is 24.9 Å². The third-order valence-corrected chi connectivity index (χ3v) is 4.53. The van der Waals surface area contributed by atoms with E-state index >= 15 is 0 Å². The number of nitrogens with zero attached hydrogens (tertiary/aromatic N) is 5. The van der Waals surface area contributed by atoms with Gasteiger partial charge in [0.2, 0.25) is 0 Å². The molecular weight excluding hydrogens is 314 g/mol. The van der Waals surface area contributed by atoms with Gasteiger partial charge in [-0.05, 0) is 43.0 Å². The van der Waals surface area contributed by atoms with E-state index in [0.717, 1.165) is 37.3 Å². The maximum absolute atomic E-state index is 12.7. The summed E-state index contributed by atoms with van der Waals surface area (Å²) in [6.07, 6.45) is 5.41. The highest BCUT2D eigenvalue weighted by Gasteiger charge is 2.28. The van der Waals surface area contributed by atoms with E-state index < -0.39 is 0 Å². The Morgan fingerprint density at radius 3 is 2.76 bits per heavy atom. The Kier molecular flexibility index (Phi) is 4.24. The van der Waals surface area contributed by atoms with Crippen molar-refractivity contribution in [3.8, 4) is 5.69 Å². The van der Waals surface area contributed by atoms with Crippen molar-refractivity contribution >= 4 is 5.91 Å². The van der Waals surface area contributed by atoms with Crippen molar-refractivity contribution < 1.29 is 4.79 Å². The molecule has 0 spiro atoms. The third kappa shape index (κ3) is 3.42. The van der Waals surface area contributed by atoms with Gasteiger partial charge in [0.1, 0.15) is 0 Å². The molecule has 3 aromatic rings. The number of benzene rings is 1. The van der Waals surface area contributed by atoms with Crippen LogP contribution < -0.4 is 0 Å². The number of carbonyl (C=O) groups excluding carboxylic acids is 1. The van der Waals surface area contributed by atoms with Crippen LogP contribution in [0.2, 0.25) is 0 Å². The number of hydrogen-bond donors (Lipinski definition) is 0. The van der Waals surface area contributed by atoms with Crippen LogP contribution in [-0.2, 0) is 6.42 Å². The van der Waals surface area contributed by atoms with Crippen molar-refractivity contribution in [2.75, 3.05) is 13.1 Å². The van der Waals surface area contributed by atoms with E-state index in [1.165, 1.54) is 0 Å². The van der Waals surface area contributed by atoms with Gasteiger partial charge < -0.3 is 4.90 Å². The first-order valence-electron chi connectivity index (χ1n) is 8.46. The first-order valence-corrected chi connectivity index (χ1v) is 8.46. The summed E-state index contributed by atoms with van der Waals surface area (Å²) in [6, 6.07) is 15.6. The molecule has 1 aliphatic heterocycles. The molecule has 25 heavy (non-hydrogen) atoms. The van der Waals surface area contributed by atoms with E-state index in [0.29, 0.717) is 11.6 Å². The monoisotopic (exact) mass is 333 g/mol. The molecule has 0 bridgehead atoms. The number of aromatic nitrogens is 4. The number of amides is 1. The Morgan fingerprint density at radius 2 is 1.96 bits per heavy atom. The van der Waals surface area contributed by atoms with E-state index in [1.807, 2.05) is 59.6 Å². The zero-order chi connectivity index (χ0) is 17.1. The molecule has 1 atom stereocenters. The molecular formula is C19H19N5O. The SMILES string of the molecule is O=C(c1cn(-c2ccccc2)nn1)N1CCC(Cc2ccccn2)C1. The summed E-state index contributed by atoms with van der Waals surface area (Å²) in [5.74, 6) is 0.397. The minimum absolute atomic E-state index is 0.0503. The van der Waals surface area contributed by atoms with Gasteiger partial charge in [-0.2, -0.15) is 0 Å². The maximum Gasteiger partial charge on any atom is 0.276 e. The lowest BCUT2D eigenvalue weighted by atomic mass is 10.0. The molecule has 1 aromatic carbocycles. The number of carbonyl (C=O) groups is 1. The highest BCUT2D eigenvalue weighted by molar-refractivity contribution is 5.92. The van der Waals surface area contributed by atoms with Crippen molar-refractivity contribution in [1.29, 1.82) is 0 Å². The zero-order valence-electron chi connectivity index (χ0n) is 13.8. The smallest absolute Gasteiger partial charge is 0.276 e. The van der Waals surface area contributed by atoms with E-state index in [2.05, 4.69) is 15.3 Å². The molecule has 1 amide bonds. The van der Waals surface area contributed by atoms with Gasteiger partial charge in [-0.25, -0.2) is 4.68 Å². The van der Waals surface area contributed by atoms with Crippen LogP contribution in [-0.4, -0.2) is 43.9 Å². The fraction of sp³-hybridized carbons (Fsp3) is 0.263. The molecule has 0 saturated carbocycles. The first-order chi connectivity index (χ1) is 12.3. The molecule has 0 N–H and O–H groups in total. The average molecular weight is 333 g/mol. The Morgan fingerprint density at radius 1 is 1.12 bits per heavy atom. The zero-order valence-corrected chi connectivity index (χ0v) is 13.8. The molecule has 1 fully saturated rings. The number of pyridine rings is 1. The van der Waals surface area contributed by atoms with Gasteiger partial charge in [-0.1, -0.05) is 29.5 Å². The van der Waals surface area contributed by atoms with Crippen molar-refractivity contribution in [2.45, 2.75) is 12.8 Å². The van der Waals surface area contributed by atoms with Crippen LogP contribution in [0.15, 0.2) is 60.9 Å². The third-order valence-electron chi connectivity index (χ3n) is 4.53. The quantitative estimate of drug-likeness (QED) is 0.735. The number of hydrogen-bond acceptors (Lipinski definition) is 4. The summed E-state index contributed by atoms with van der Waals surface area (Å²) >= 11 is 0. The normalized spacial score (nSPS) is 17.0. The van der Waals surface area contributed by atoms with Crippen LogP contribution in [0.5, 0.6) is 0 Å². The molecule has 1 unspecified atom stereocenters. The largest absolute Gasteiger partial charge is 0.337 e. The van der Waals surface area contributed by atoms with Crippen LogP contribution >= 0.6 is 0 Å². The Labute approximate surface area is 146 Å². The van der Waals surface area contributed by atoms with Crippen molar-refractivity contribution in [3.05, 3.63) is 72.3 Å². The van der Waals surface area contributed by atoms with Gasteiger partial charge in [-0.3, -0.25) is 9.78 Å². The lowest BCUT2D eigenvalue weighted by molar-refractivity contribution is 0.0781. The van der Waals surface area contributed by atoms with E-state index in [-0.39, 0.29) is 5.91 Å². The Balaban J connectivity index is 1.41. The second kappa shape index (κ2) is 6.84. The van der Waals surface area contributed by atoms with Crippen LogP contribution in [0.4, 0.5) is 0 Å². The number of para-hydroxylation sites is 1. The fourth-order valence-corrected chi connectivity index (χ4v) is 3.23. The highest BCUT2D eigenvalue weighted by Crippen LogP contribution is 2.21. The number of rotatable bonds is 4. The number of likely N-dealkylation sites (tertiary alicyclic amines) is 1. The molecule has 0 aliphatic carbocycles. The summed E-state index contributed by atoms with van der Waals surface area (Å²) in [7, 11) is 0. The summed E-state index contributed by atoms with van der Waals surface area (Å²) < 4.78 is 1.63. The molecule has 1 aliphatic rings. The molecule has 1 saturated heterocycles. The van der Waals surface area contributed by atoms with Crippen molar-refractivity contribution in [3.63, 3.8) is 0 Å². The van der Waals surface area contributed by atoms with Crippen LogP contribution in [0.3, 0.4) is 0 Å². The summed E-state index contributed by atoms with van der Waals surface area (Å²) in [5.41, 5.74) is 2.36. The molecule has 6 heteroatoms. The average Bonchev–Trinajstić information content (AvgIpc) is 3.33. The molecule has 0 radical (unpaired) electrons. The van der Waals surface area contributed by atoms with Gasteiger partial charge >= 0.3 is 0 Å². The summed E-state index contributed by atoms with van der Waals surface area (Å²) in [4.78, 5) is 18.9. The predicted octanol–water partition coefficient (Wildman–Crippen LogP) is 2.37. The lowest BCUT2D eigenvalue weighted by Crippen LogP contribution is -2.29. The molecule has 126 valence electrons. The predicted molar refractivity (Wildman–Crippen MR) is 93.3 cm³/mol.